The molecule has 1 saturated heterocycles. The summed E-state index contributed by atoms with van der Waals surface area (Å²) in [7, 11) is 0. The monoisotopic (exact) mass is 184 g/mol. The molecule has 0 aromatic heterocycles. The van der Waals surface area contributed by atoms with Gasteiger partial charge in [-0.2, -0.15) is 0 Å². The molecule has 0 aromatic rings. The molecule has 2 nitrogen and oxygen atoms in total. The average Bonchev–Trinajstić information content (AvgIpc) is 2.19. The molecule has 0 spiro atoms. The van der Waals surface area contributed by atoms with Gasteiger partial charge in [-0.05, 0) is 32.1 Å². The van der Waals surface area contributed by atoms with Crippen molar-refractivity contribution < 1.29 is 4.74 Å². The van der Waals surface area contributed by atoms with E-state index in [1.54, 1.807) is 0 Å². The maximum absolute atomic E-state index is 5.56. The van der Waals surface area contributed by atoms with Crippen LogP contribution in [0.25, 0.3) is 0 Å². The Morgan fingerprint density at radius 3 is 2.77 bits per heavy atom. The first-order valence-corrected chi connectivity index (χ1v) is 5.62. The molecular weight excluding hydrogens is 162 g/mol. The van der Waals surface area contributed by atoms with Crippen LogP contribution in [-0.2, 0) is 4.74 Å². The van der Waals surface area contributed by atoms with Crippen molar-refractivity contribution in [3.63, 3.8) is 0 Å². The molecule has 0 amide bonds. The Labute approximate surface area is 82.0 Å². The van der Waals surface area contributed by atoms with Crippen LogP contribution >= 0.6 is 0 Å². The molecule has 0 saturated carbocycles. The fraction of sp³-hybridized carbons (Fsp3) is 0.909. The second kappa shape index (κ2) is 6.39. The lowest BCUT2D eigenvalue weighted by Crippen LogP contribution is -2.35. The summed E-state index contributed by atoms with van der Waals surface area (Å²) >= 11 is 0. The van der Waals surface area contributed by atoms with Gasteiger partial charge in [-0.15, -0.1) is 0 Å². The van der Waals surface area contributed by atoms with Crippen molar-refractivity contribution in [1.82, 2.24) is 5.32 Å². The third-order valence-corrected chi connectivity index (χ3v) is 2.57. The largest absolute Gasteiger partial charge is 0.356 e. The Balaban J connectivity index is 2.18. The minimum atomic E-state index is 0.623. The predicted octanol–water partition coefficient (Wildman–Crippen LogP) is 2.84. The van der Waals surface area contributed by atoms with Crippen molar-refractivity contribution >= 4 is 0 Å². The second-order valence-corrected chi connectivity index (χ2v) is 3.77. The highest BCUT2D eigenvalue weighted by Crippen LogP contribution is 2.18. The highest BCUT2D eigenvalue weighted by molar-refractivity contribution is 4.82. The van der Waals surface area contributed by atoms with Crippen LogP contribution in [0.4, 0.5) is 0 Å². The summed E-state index contributed by atoms with van der Waals surface area (Å²) in [6, 6.07) is 0.623. The Morgan fingerprint density at radius 2 is 2.23 bits per heavy atom. The van der Waals surface area contributed by atoms with E-state index < -0.39 is 0 Å². The third-order valence-electron chi connectivity index (χ3n) is 2.57. The lowest BCUT2D eigenvalue weighted by atomic mass is 10.1. The van der Waals surface area contributed by atoms with Crippen LogP contribution in [0.15, 0.2) is 0 Å². The molecule has 1 fully saturated rings. The van der Waals surface area contributed by atoms with E-state index in [-0.39, 0.29) is 0 Å². The second-order valence-electron chi connectivity index (χ2n) is 3.77. The fourth-order valence-electron chi connectivity index (χ4n) is 1.72. The van der Waals surface area contributed by atoms with Crippen LogP contribution in [0.2, 0.25) is 0 Å². The molecule has 1 N–H and O–H groups in total. The number of hydrogen-bond acceptors (Lipinski definition) is 2. The Morgan fingerprint density at radius 1 is 1.38 bits per heavy atom. The summed E-state index contributed by atoms with van der Waals surface area (Å²) in [6.45, 7) is 5.37. The topological polar surface area (TPSA) is 21.3 Å². The van der Waals surface area contributed by atoms with E-state index in [4.69, 9.17) is 4.74 Å². The molecule has 77 valence electrons. The Bertz CT molecular complexity index is 119. The van der Waals surface area contributed by atoms with Crippen molar-refractivity contribution in [1.29, 1.82) is 0 Å². The van der Waals surface area contributed by atoms with Crippen LogP contribution in [0.3, 0.4) is 0 Å². The highest BCUT2D eigenvalue weighted by Gasteiger charge is 2.17. The zero-order chi connectivity index (χ0) is 9.52. The summed E-state index contributed by atoms with van der Waals surface area (Å²) in [5.41, 5.74) is 0. The standard InChI is InChI=1S/C11H22NO/c1-3-7-10(4-2)12-11-8-5-6-9-13-11/h10,12H,3-9H2,1-2H3. The molecule has 1 radical (unpaired) electrons. The van der Waals surface area contributed by atoms with Crippen molar-refractivity contribution in [2.45, 2.75) is 58.4 Å². The van der Waals surface area contributed by atoms with Gasteiger partial charge in [-0.3, -0.25) is 5.32 Å². The van der Waals surface area contributed by atoms with Crippen LogP contribution in [-0.4, -0.2) is 12.6 Å². The zero-order valence-electron chi connectivity index (χ0n) is 8.94. The van der Waals surface area contributed by atoms with Crippen LogP contribution in [0.5, 0.6) is 0 Å². The van der Waals surface area contributed by atoms with Gasteiger partial charge in [0.2, 0.25) is 0 Å². The van der Waals surface area contributed by atoms with Crippen molar-refractivity contribution in [2.75, 3.05) is 6.61 Å². The lowest BCUT2D eigenvalue weighted by molar-refractivity contribution is 0.0708. The van der Waals surface area contributed by atoms with Gasteiger partial charge in [0, 0.05) is 12.6 Å². The molecular formula is C11H22NO. The minimum absolute atomic E-state index is 0.623. The normalized spacial score (nSPS) is 21.7. The van der Waals surface area contributed by atoms with Crippen LogP contribution in [0, 0.1) is 6.23 Å². The number of nitrogens with one attached hydrogen (secondary N) is 1. The third kappa shape index (κ3) is 4.10. The van der Waals surface area contributed by atoms with E-state index in [9.17, 15) is 0 Å². The predicted molar refractivity (Wildman–Crippen MR) is 55.2 cm³/mol. The summed E-state index contributed by atoms with van der Waals surface area (Å²) in [4.78, 5) is 0. The van der Waals surface area contributed by atoms with E-state index in [0.717, 1.165) is 19.3 Å². The van der Waals surface area contributed by atoms with E-state index in [0.29, 0.717) is 6.04 Å². The molecule has 13 heavy (non-hydrogen) atoms. The van der Waals surface area contributed by atoms with E-state index in [2.05, 4.69) is 19.2 Å². The van der Waals surface area contributed by atoms with E-state index in [1.165, 1.54) is 32.1 Å². The van der Waals surface area contributed by atoms with Crippen LogP contribution in [0.1, 0.15) is 52.4 Å². The number of ether oxygens (including phenoxy) is 1. The SMILES string of the molecule is CCCC(CC)N[C]1CCCCO1. The van der Waals surface area contributed by atoms with Gasteiger partial charge < -0.3 is 4.74 Å². The van der Waals surface area contributed by atoms with Crippen molar-refractivity contribution in [3.8, 4) is 0 Å². The smallest absolute Gasteiger partial charge is 0.162 e. The Hall–Kier alpha value is -0.0800. The fourth-order valence-corrected chi connectivity index (χ4v) is 1.72. The maximum atomic E-state index is 5.56. The number of rotatable bonds is 5. The molecule has 1 rings (SSSR count). The van der Waals surface area contributed by atoms with Gasteiger partial charge >= 0.3 is 0 Å². The highest BCUT2D eigenvalue weighted by atomic mass is 16.5. The molecule has 0 bridgehead atoms. The summed E-state index contributed by atoms with van der Waals surface area (Å²) < 4.78 is 5.56. The molecule has 0 aliphatic carbocycles. The molecule has 0 aromatic carbocycles. The molecule has 1 unspecified atom stereocenters. The van der Waals surface area contributed by atoms with Gasteiger partial charge in [0.15, 0.2) is 6.23 Å². The molecule has 1 atom stereocenters. The van der Waals surface area contributed by atoms with Gasteiger partial charge in [0.05, 0.1) is 0 Å². The molecule has 1 aliphatic heterocycles. The molecule has 1 aliphatic rings. The molecule has 2 heteroatoms. The van der Waals surface area contributed by atoms with Gasteiger partial charge in [0.1, 0.15) is 0 Å². The van der Waals surface area contributed by atoms with Gasteiger partial charge in [0.25, 0.3) is 0 Å². The van der Waals surface area contributed by atoms with Gasteiger partial charge in [-0.25, -0.2) is 0 Å². The quantitative estimate of drug-likeness (QED) is 0.709. The Kier molecular flexibility index (Phi) is 5.40. The van der Waals surface area contributed by atoms with Crippen molar-refractivity contribution in [3.05, 3.63) is 6.23 Å². The summed E-state index contributed by atoms with van der Waals surface area (Å²) in [5, 5.41) is 3.50. The van der Waals surface area contributed by atoms with Crippen molar-refractivity contribution in [2.24, 2.45) is 0 Å². The zero-order valence-corrected chi connectivity index (χ0v) is 8.94. The summed E-state index contributed by atoms with van der Waals surface area (Å²) in [6.07, 6.45) is 8.44. The maximum Gasteiger partial charge on any atom is 0.162 e. The van der Waals surface area contributed by atoms with Crippen LogP contribution < -0.4 is 5.32 Å². The van der Waals surface area contributed by atoms with E-state index in [1.807, 2.05) is 0 Å². The van der Waals surface area contributed by atoms with Gasteiger partial charge in [-0.1, -0.05) is 20.3 Å². The first-order chi connectivity index (χ1) is 6.36. The first-order valence-electron chi connectivity index (χ1n) is 5.62. The summed E-state index contributed by atoms with van der Waals surface area (Å²) in [5.74, 6) is 0. The average molecular weight is 184 g/mol. The van der Waals surface area contributed by atoms with E-state index >= 15 is 0 Å². The molecule has 1 heterocycles. The lowest BCUT2D eigenvalue weighted by Gasteiger charge is -2.26. The minimum Gasteiger partial charge on any atom is -0.356 e. The first kappa shape index (κ1) is 11.0. The number of hydrogen-bond donors (Lipinski definition) is 1.